The lowest BCUT2D eigenvalue weighted by molar-refractivity contribution is 0.670. The second-order valence-electron chi connectivity index (χ2n) is 5.15. The number of furan rings is 1. The zero-order valence-corrected chi connectivity index (χ0v) is 11.3. The van der Waals surface area contributed by atoms with Crippen LogP contribution < -0.4 is 0 Å². The lowest BCUT2D eigenvalue weighted by Crippen LogP contribution is -1.81. The van der Waals surface area contributed by atoms with Gasteiger partial charge in [0.2, 0.25) is 0 Å². The van der Waals surface area contributed by atoms with Crippen LogP contribution in [0.15, 0.2) is 71.1 Å². The zero-order valence-electron chi connectivity index (χ0n) is 11.3. The summed E-state index contributed by atoms with van der Waals surface area (Å²) in [6.45, 7) is 2.13. The normalized spacial score (nSPS) is 11.2. The van der Waals surface area contributed by atoms with Crippen molar-refractivity contribution in [3.63, 3.8) is 0 Å². The van der Waals surface area contributed by atoms with Crippen LogP contribution >= 0.6 is 0 Å². The summed E-state index contributed by atoms with van der Waals surface area (Å²) >= 11 is 0. The molecule has 0 saturated carbocycles. The quantitative estimate of drug-likeness (QED) is 0.435. The molecule has 0 unspecified atom stereocenters. The molecule has 0 aliphatic rings. The van der Waals surface area contributed by atoms with Crippen LogP contribution in [0.1, 0.15) is 5.56 Å². The number of aryl methyl sites for hydroxylation is 1. The summed E-state index contributed by atoms with van der Waals surface area (Å²) < 4.78 is 6.09. The van der Waals surface area contributed by atoms with Gasteiger partial charge in [-0.25, -0.2) is 0 Å². The molecule has 0 saturated heterocycles. The van der Waals surface area contributed by atoms with Crippen LogP contribution in [0.25, 0.3) is 33.1 Å². The van der Waals surface area contributed by atoms with Crippen LogP contribution in [0.2, 0.25) is 0 Å². The summed E-state index contributed by atoms with van der Waals surface area (Å²) in [5, 5.41) is 2.38. The Bertz CT molecular complexity index is 901. The van der Waals surface area contributed by atoms with E-state index in [-0.39, 0.29) is 0 Å². The van der Waals surface area contributed by atoms with Gasteiger partial charge in [0.15, 0.2) is 0 Å². The van der Waals surface area contributed by atoms with Crippen LogP contribution in [-0.2, 0) is 0 Å². The van der Waals surface area contributed by atoms with Crippen LogP contribution in [-0.4, -0.2) is 0 Å². The first-order chi connectivity index (χ1) is 9.83. The number of fused-ring (bicyclic) bond motifs is 3. The van der Waals surface area contributed by atoms with Crippen molar-refractivity contribution in [3.05, 3.63) is 72.3 Å². The predicted octanol–water partition coefficient (Wildman–Crippen LogP) is 5.56. The Kier molecular flexibility index (Phi) is 2.40. The maximum atomic E-state index is 6.09. The Labute approximate surface area is 117 Å². The van der Waals surface area contributed by atoms with E-state index >= 15 is 0 Å². The fourth-order valence-corrected chi connectivity index (χ4v) is 2.80. The molecule has 0 N–H and O–H groups in total. The summed E-state index contributed by atoms with van der Waals surface area (Å²) in [4.78, 5) is 0. The molecule has 4 aromatic rings. The van der Waals surface area contributed by atoms with E-state index in [1.165, 1.54) is 21.9 Å². The van der Waals surface area contributed by atoms with Crippen molar-refractivity contribution < 1.29 is 4.42 Å². The molecule has 1 aromatic heterocycles. The molecule has 0 spiro atoms. The van der Waals surface area contributed by atoms with Gasteiger partial charge in [0.05, 0.1) is 0 Å². The minimum Gasteiger partial charge on any atom is -0.455 e. The van der Waals surface area contributed by atoms with Crippen molar-refractivity contribution in [1.29, 1.82) is 0 Å². The van der Waals surface area contributed by atoms with Gasteiger partial charge in [-0.05, 0) is 36.2 Å². The van der Waals surface area contributed by atoms with E-state index in [1.54, 1.807) is 0 Å². The number of hydrogen-bond donors (Lipinski definition) is 0. The molecule has 1 nitrogen and oxygen atoms in total. The molecular formula is C19H14O. The third-order valence-electron chi connectivity index (χ3n) is 3.71. The molecule has 20 heavy (non-hydrogen) atoms. The van der Waals surface area contributed by atoms with Gasteiger partial charge < -0.3 is 4.42 Å². The second kappa shape index (κ2) is 4.24. The molecule has 0 radical (unpaired) electrons. The van der Waals surface area contributed by atoms with Gasteiger partial charge in [-0.1, -0.05) is 48.5 Å². The van der Waals surface area contributed by atoms with Gasteiger partial charge in [-0.2, -0.15) is 0 Å². The first-order valence-electron chi connectivity index (χ1n) is 6.80. The maximum Gasteiger partial charge on any atom is 0.143 e. The van der Waals surface area contributed by atoms with E-state index in [0.29, 0.717) is 0 Å². The lowest BCUT2D eigenvalue weighted by Gasteiger charge is -2.04. The van der Waals surface area contributed by atoms with E-state index in [0.717, 1.165) is 16.7 Å². The van der Waals surface area contributed by atoms with Gasteiger partial charge >= 0.3 is 0 Å². The second-order valence-corrected chi connectivity index (χ2v) is 5.15. The maximum absolute atomic E-state index is 6.09. The van der Waals surface area contributed by atoms with E-state index in [2.05, 4.69) is 55.5 Å². The van der Waals surface area contributed by atoms with Crippen molar-refractivity contribution >= 4 is 21.9 Å². The molecular weight excluding hydrogens is 244 g/mol. The molecule has 0 aliphatic heterocycles. The SMILES string of the molecule is Cc1cc(-c2ccccc2)c2oc3ccccc3c2c1. The van der Waals surface area contributed by atoms with Gasteiger partial charge in [0.1, 0.15) is 11.2 Å². The number of rotatable bonds is 1. The summed E-state index contributed by atoms with van der Waals surface area (Å²) in [6, 6.07) is 23.0. The summed E-state index contributed by atoms with van der Waals surface area (Å²) in [5.41, 5.74) is 5.54. The minimum atomic E-state index is 0.949. The van der Waals surface area contributed by atoms with Gasteiger partial charge in [-0.3, -0.25) is 0 Å². The van der Waals surface area contributed by atoms with Gasteiger partial charge in [0.25, 0.3) is 0 Å². The Morgan fingerprint density at radius 3 is 2.35 bits per heavy atom. The first kappa shape index (κ1) is 11.3. The molecule has 0 amide bonds. The molecule has 0 atom stereocenters. The number of hydrogen-bond acceptors (Lipinski definition) is 1. The van der Waals surface area contributed by atoms with Crippen molar-refractivity contribution in [3.8, 4) is 11.1 Å². The molecule has 0 aliphatic carbocycles. The highest BCUT2D eigenvalue weighted by molar-refractivity contribution is 6.09. The fourth-order valence-electron chi connectivity index (χ4n) is 2.80. The molecule has 96 valence electrons. The highest BCUT2D eigenvalue weighted by atomic mass is 16.3. The Balaban J connectivity index is 2.16. The van der Waals surface area contributed by atoms with Gasteiger partial charge in [0, 0.05) is 16.3 Å². The minimum absolute atomic E-state index is 0.949. The highest BCUT2D eigenvalue weighted by Gasteiger charge is 2.12. The molecule has 3 aromatic carbocycles. The monoisotopic (exact) mass is 258 g/mol. The first-order valence-corrected chi connectivity index (χ1v) is 6.80. The van der Waals surface area contributed by atoms with E-state index in [4.69, 9.17) is 4.42 Å². The smallest absolute Gasteiger partial charge is 0.143 e. The topological polar surface area (TPSA) is 13.1 Å². The Hall–Kier alpha value is -2.54. The molecule has 1 heteroatoms. The zero-order chi connectivity index (χ0) is 13.5. The van der Waals surface area contributed by atoms with Crippen LogP contribution in [0, 0.1) is 6.92 Å². The molecule has 4 rings (SSSR count). The molecule has 0 fully saturated rings. The van der Waals surface area contributed by atoms with Gasteiger partial charge in [-0.15, -0.1) is 0 Å². The van der Waals surface area contributed by atoms with Crippen molar-refractivity contribution in [2.45, 2.75) is 6.92 Å². The van der Waals surface area contributed by atoms with Crippen molar-refractivity contribution in [2.24, 2.45) is 0 Å². The van der Waals surface area contributed by atoms with Crippen LogP contribution in [0.3, 0.4) is 0 Å². The van der Waals surface area contributed by atoms with Crippen molar-refractivity contribution in [1.82, 2.24) is 0 Å². The lowest BCUT2D eigenvalue weighted by atomic mass is 10.00. The third-order valence-corrected chi connectivity index (χ3v) is 3.71. The van der Waals surface area contributed by atoms with E-state index in [1.807, 2.05) is 18.2 Å². The average molecular weight is 258 g/mol. The summed E-state index contributed by atoms with van der Waals surface area (Å²) in [6.07, 6.45) is 0. The van der Waals surface area contributed by atoms with Crippen LogP contribution in [0.5, 0.6) is 0 Å². The fraction of sp³-hybridized carbons (Fsp3) is 0.0526. The standard InChI is InChI=1S/C19H14O/c1-13-11-16(14-7-3-2-4-8-14)19-17(12-13)15-9-5-6-10-18(15)20-19/h2-12H,1H3. The average Bonchev–Trinajstić information content (AvgIpc) is 2.86. The summed E-state index contributed by atoms with van der Waals surface area (Å²) in [7, 11) is 0. The summed E-state index contributed by atoms with van der Waals surface area (Å²) in [5.74, 6) is 0. The van der Waals surface area contributed by atoms with Crippen molar-refractivity contribution in [2.75, 3.05) is 0 Å². The highest BCUT2D eigenvalue weighted by Crippen LogP contribution is 2.36. The Morgan fingerprint density at radius 1 is 0.750 bits per heavy atom. The van der Waals surface area contributed by atoms with E-state index < -0.39 is 0 Å². The predicted molar refractivity (Wildman–Crippen MR) is 83.9 cm³/mol. The number of para-hydroxylation sites is 1. The Morgan fingerprint density at radius 2 is 1.50 bits per heavy atom. The largest absolute Gasteiger partial charge is 0.455 e. The number of benzene rings is 3. The molecule has 0 bridgehead atoms. The molecule has 1 heterocycles. The van der Waals surface area contributed by atoms with E-state index in [9.17, 15) is 0 Å². The third kappa shape index (κ3) is 1.64. The van der Waals surface area contributed by atoms with Crippen LogP contribution in [0.4, 0.5) is 0 Å².